The maximum atomic E-state index is 12.8. The Bertz CT molecular complexity index is 488. The number of aryl methyl sites for hydroxylation is 1. The topological polar surface area (TPSA) is 45.2 Å². The van der Waals surface area contributed by atoms with Gasteiger partial charge in [0.2, 0.25) is 0 Å². The van der Waals surface area contributed by atoms with Crippen LogP contribution in [0.5, 0.6) is 0 Å². The molecule has 0 saturated carbocycles. The van der Waals surface area contributed by atoms with Crippen LogP contribution in [-0.2, 0) is 0 Å². The monoisotopic (exact) mass is 273 g/mol. The summed E-state index contributed by atoms with van der Waals surface area (Å²) in [5.41, 5.74) is 1.51. The summed E-state index contributed by atoms with van der Waals surface area (Å²) in [6, 6.07) is 6.10. The Morgan fingerprint density at radius 3 is 3.10 bits per heavy atom. The van der Waals surface area contributed by atoms with Crippen LogP contribution >= 0.6 is 0 Å². The summed E-state index contributed by atoms with van der Waals surface area (Å²) in [6.45, 7) is 4.89. The van der Waals surface area contributed by atoms with Crippen molar-refractivity contribution in [1.82, 2.24) is 15.2 Å². The molecular weight excluding hydrogens is 250 g/mol. The Balaban J connectivity index is 1.84. The summed E-state index contributed by atoms with van der Waals surface area (Å²) >= 11 is 0. The molecule has 1 N–H and O–H groups in total. The van der Waals surface area contributed by atoms with Crippen LogP contribution < -0.4 is 5.32 Å². The van der Waals surface area contributed by atoms with Gasteiger partial charge in [-0.25, -0.2) is 4.98 Å². The Kier molecular flexibility index (Phi) is 4.01. The van der Waals surface area contributed by atoms with Crippen LogP contribution in [0, 0.1) is 12.8 Å². The molecule has 3 heterocycles. The van der Waals surface area contributed by atoms with Crippen molar-refractivity contribution in [3.8, 4) is 0 Å². The third kappa shape index (κ3) is 2.70. The molecular formula is C16H23N3O. The molecule has 1 aromatic rings. The van der Waals surface area contributed by atoms with Gasteiger partial charge in [0.05, 0.1) is 0 Å². The van der Waals surface area contributed by atoms with Crippen molar-refractivity contribution in [3.63, 3.8) is 0 Å². The number of hydrogen-bond acceptors (Lipinski definition) is 3. The Morgan fingerprint density at radius 2 is 2.25 bits per heavy atom. The highest BCUT2D eigenvalue weighted by Crippen LogP contribution is 2.28. The predicted molar refractivity (Wildman–Crippen MR) is 78.6 cm³/mol. The molecule has 1 amide bonds. The Morgan fingerprint density at radius 1 is 1.35 bits per heavy atom. The first-order valence-corrected chi connectivity index (χ1v) is 7.71. The highest BCUT2D eigenvalue weighted by Gasteiger charge is 2.34. The summed E-state index contributed by atoms with van der Waals surface area (Å²) in [5.74, 6) is 0.729. The molecule has 0 bridgehead atoms. The summed E-state index contributed by atoms with van der Waals surface area (Å²) < 4.78 is 0. The maximum Gasteiger partial charge on any atom is 0.272 e. The van der Waals surface area contributed by atoms with Gasteiger partial charge in [0.1, 0.15) is 5.69 Å². The predicted octanol–water partition coefficient (Wildman–Crippen LogP) is 1.99. The second-order valence-corrected chi connectivity index (χ2v) is 5.98. The van der Waals surface area contributed by atoms with E-state index in [1.54, 1.807) is 0 Å². The molecule has 2 aliphatic rings. The van der Waals surface area contributed by atoms with E-state index in [2.05, 4.69) is 15.2 Å². The van der Waals surface area contributed by atoms with Crippen molar-refractivity contribution in [2.45, 2.75) is 38.6 Å². The Hall–Kier alpha value is -1.42. The summed E-state index contributed by atoms with van der Waals surface area (Å²) in [6.07, 6.45) is 4.66. The lowest BCUT2D eigenvalue weighted by Crippen LogP contribution is -2.51. The van der Waals surface area contributed by atoms with E-state index in [-0.39, 0.29) is 5.91 Å². The number of piperidine rings is 1. The molecule has 2 fully saturated rings. The number of nitrogens with one attached hydrogen (secondary N) is 1. The zero-order valence-corrected chi connectivity index (χ0v) is 12.1. The first kappa shape index (κ1) is 13.6. The van der Waals surface area contributed by atoms with Crippen molar-refractivity contribution in [1.29, 1.82) is 0 Å². The average Bonchev–Trinajstić information content (AvgIpc) is 2.69. The second-order valence-electron chi connectivity index (χ2n) is 5.98. The lowest BCUT2D eigenvalue weighted by Gasteiger charge is -2.38. The molecule has 0 radical (unpaired) electrons. The molecule has 0 spiro atoms. The van der Waals surface area contributed by atoms with Gasteiger partial charge in [-0.2, -0.15) is 0 Å². The summed E-state index contributed by atoms with van der Waals surface area (Å²) in [5, 5.41) is 3.47. The molecule has 2 saturated heterocycles. The standard InChI is InChI=1S/C16H23N3O/c1-12-5-4-7-14(18-12)16(20)19-10-3-2-6-13-11-17-9-8-15(13)19/h4-5,7,13,15,17H,2-3,6,8-11H2,1H3/t13-,15+/m0/s1. The van der Waals surface area contributed by atoms with E-state index in [0.29, 0.717) is 17.7 Å². The van der Waals surface area contributed by atoms with E-state index >= 15 is 0 Å². The number of likely N-dealkylation sites (tertiary alicyclic amines) is 1. The zero-order chi connectivity index (χ0) is 13.9. The van der Waals surface area contributed by atoms with E-state index in [1.165, 1.54) is 12.8 Å². The van der Waals surface area contributed by atoms with Crippen molar-refractivity contribution in [3.05, 3.63) is 29.6 Å². The van der Waals surface area contributed by atoms with E-state index in [4.69, 9.17) is 0 Å². The van der Waals surface area contributed by atoms with Crippen molar-refractivity contribution in [2.75, 3.05) is 19.6 Å². The van der Waals surface area contributed by atoms with E-state index in [9.17, 15) is 4.79 Å². The Labute approximate surface area is 120 Å². The molecule has 20 heavy (non-hydrogen) atoms. The number of nitrogens with zero attached hydrogens (tertiary/aromatic N) is 2. The van der Waals surface area contributed by atoms with Crippen molar-refractivity contribution < 1.29 is 4.79 Å². The molecule has 1 aromatic heterocycles. The van der Waals surface area contributed by atoms with Crippen molar-refractivity contribution >= 4 is 5.91 Å². The molecule has 3 rings (SSSR count). The number of rotatable bonds is 1. The quantitative estimate of drug-likeness (QED) is 0.851. The van der Waals surface area contributed by atoms with Crippen LogP contribution in [0.1, 0.15) is 41.9 Å². The number of pyridine rings is 1. The van der Waals surface area contributed by atoms with Crippen LogP contribution in [0.4, 0.5) is 0 Å². The highest BCUT2D eigenvalue weighted by atomic mass is 16.2. The van der Waals surface area contributed by atoms with Gasteiger partial charge in [-0.05, 0) is 57.3 Å². The van der Waals surface area contributed by atoms with Crippen LogP contribution in [0.25, 0.3) is 0 Å². The zero-order valence-electron chi connectivity index (χ0n) is 12.1. The minimum Gasteiger partial charge on any atom is -0.334 e. The molecule has 4 nitrogen and oxygen atoms in total. The number of carbonyl (C=O) groups excluding carboxylic acids is 1. The largest absolute Gasteiger partial charge is 0.334 e. The lowest BCUT2D eigenvalue weighted by atomic mass is 9.89. The smallest absolute Gasteiger partial charge is 0.272 e. The fourth-order valence-corrected chi connectivity index (χ4v) is 3.53. The molecule has 0 aliphatic carbocycles. The van der Waals surface area contributed by atoms with Crippen LogP contribution in [0.2, 0.25) is 0 Å². The minimum absolute atomic E-state index is 0.118. The summed E-state index contributed by atoms with van der Waals surface area (Å²) in [7, 11) is 0. The SMILES string of the molecule is Cc1cccc(C(=O)N2CCCC[C@H]3CNCC[C@H]32)n1. The van der Waals surface area contributed by atoms with Gasteiger partial charge in [0.15, 0.2) is 0 Å². The van der Waals surface area contributed by atoms with Crippen LogP contribution in [-0.4, -0.2) is 41.5 Å². The molecule has 4 heteroatoms. The molecule has 108 valence electrons. The first-order valence-electron chi connectivity index (χ1n) is 7.71. The normalized spacial score (nSPS) is 26.8. The van der Waals surface area contributed by atoms with Gasteiger partial charge in [-0.15, -0.1) is 0 Å². The highest BCUT2D eigenvalue weighted by molar-refractivity contribution is 5.92. The van der Waals surface area contributed by atoms with Gasteiger partial charge >= 0.3 is 0 Å². The van der Waals surface area contributed by atoms with Crippen LogP contribution in [0.15, 0.2) is 18.2 Å². The molecule has 0 aromatic carbocycles. The molecule has 2 aliphatic heterocycles. The molecule has 0 unspecified atom stereocenters. The number of hydrogen-bond donors (Lipinski definition) is 1. The number of amides is 1. The number of carbonyl (C=O) groups is 1. The van der Waals surface area contributed by atoms with Gasteiger partial charge in [0, 0.05) is 18.3 Å². The molecule has 2 atom stereocenters. The van der Waals surface area contributed by atoms with E-state index in [1.807, 2.05) is 25.1 Å². The maximum absolute atomic E-state index is 12.8. The average molecular weight is 273 g/mol. The van der Waals surface area contributed by atoms with Gasteiger partial charge in [-0.1, -0.05) is 12.5 Å². The van der Waals surface area contributed by atoms with Crippen molar-refractivity contribution in [2.24, 2.45) is 5.92 Å². The second kappa shape index (κ2) is 5.92. The fraction of sp³-hybridized carbons (Fsp3) is 0.625. The lowest BCUT2D eigenvalue weighted by molar-refractivity contribution is 0.0580. The van der Waals surface area contributed by atoms with E-state index in [0.717, 1.165) is 38.2 Å². The summed E-state index contributed by atoms with van der Waals surface area (Å²) in [4.78, 5) is 19.3. The van der Waals surface area contributed by atoms with Gasteiger partial charge < -0.3 is 10.2 Å². The first-order chi connectivity index (χ1) is 9.75. The van der Waals surface area contributed by atoms with Crippen LogP contribution in [0.3, 0.4) is 0 Å². The van der Waals surface area contributed by atoms with Gasteiger partial charge in [-0.3, -0.25) is 4.79 Å². The fourth-order valence-electron chi connectivity index (χ4n) is 3.53. The minimum atomic E-state index is 0.118. The van der Waals surface area contributed by atoms with Gasteiger partial charge in [0.25, 0.3) is 5.91 Å². The third-order valence-corrected chi connectivity index (χ3v) is 4.56. The number of aromatic nitrogens is 1. The number of fused-ring (bicyclic) bond motifs is 1. The third-order valence-electron chi connectivity index (χ3n) is 4.56. The van der Waals surface area contributed by atoms with E-state index < -0.39 is 0 Å².